The Hall–Kier alpha value is -1.69. The highest BCUT2D eigenvalue weighted by molar-refractivity contribution is 7.89. The molecule has 0 aliphatic carbocycles. The van der Waals surface area contributed by atoms with Gasteiger partial charge in [0.05, 0.1) is 27.3 Å². The van der Waals surface area contributed by atoms with E-state index >= 15 is 0 Å². The van der Waals surface area contributed by atoms with Crippen molar-refractivity contribution in [3.63, 3.8) is 0 Å². The molecule has 1 rings (SSSR count). The molecule has 1 unspecified atom stereocenters. The smallest absolute Gasteiger partial charge is 0.258 e. The molecule has 0 spiro atoms. The molecule has 0 amide bonds. The highest BCUT2D eigenvalue weighted by atomic mass is 35.5. The van der Waals surface area contributed by atoms with Crippen LogP contribution in [0.1, 0.15) is 18.9 Å². The molecule has 7 nitrogen and oxygen atoms in total. The molecule has 0 aromatic heterocycles. The van der Waals surface area contributed by atoms with Crippen molar-refractivity contribution in [2.45, 2.75) is 31.2 Å². The van der Waals surface area contributed by atoms with E-state index in [0.717, 1.165) is 10.4 Å². The van der Waals surface area contributed by atoms with Crippen LogP contribution in [-0.4, -0.2) is 30.7 Å². The van der Waals surface area contributed by atoms with Gasteiger partial charge in [0.25, 0.3) is 5.69 Å². The van der Waals surface area contributed by atoms with E-state index in [1.807, 2.05) is 6.07 Å². The van der Waals surface area contributed by atoms with E-state index in [1.54, 1.807) is 6.92 Å². The topological polar surface area (TPSA) is 104 Å². The van der Waals surface area contributed by atoms with Crippen LogP contribution in [0.3, 0.4) is 0 Å². The lowest BCUT2D eigenvalue weighted by Crippen LogP contribution is -2.34. The fourth-order valence-electron chi connectivity index (χ4n) is 1.64. The molecule has 1 atom stereocenters. The number of nitro groups is 1. The molecule has 0 saturated heterocycles. The van der Waals surface area contributed by atoms with E-state index in [0.29, 0.717) is 0 Å². The van der Waals surface area contributed by atoms with E-state index in [-0.39, 0.29) is 27.6 Å². The molecule has 0 heterocycles. The van der Waals surface area contributed by atoms with Crippen molar-refractivity contribution in [3.8, 4) is 6.07 Å². The number of sulfonamides is 1. The largest absolute Gasteiger partial charge is 0.275 e. The minimum Gasteiger partial charge on any atom is -0.258 e. The second-order valence-electron chi connectivity index (χ2n) is 4.54. The summed E-state index contributed by atoms with van der Waals surface area (Å²) in [5, 5.41) is 19.6. The SMILES string of the molecule is Cc1c(Cl)cc(S(=O)(=O)N(C)C(C)CC#N)cc1[N+](=O)[O-]. The summed E-state index contributed by atoms with van der Waals surface area (Å²) in [5.74, 6) is 0. The molecule has 0 fully saturated rings. The summed E-state index contributed by atoms with van der Waals surface area (Å²) >= 11 is 5.87. The fourth-order valence-corrected chi connectivity index (χ4v) is 3.33. The third-order valence-corrected chi connectivity index (χ3v) is 5.51. The molecule has 21 heavy (non-hydrogen) atoms. The van der Waals surface area contributed by atoms with Gasteiger partial charge in [-0.1, -0.05) is 11.6 Å². The molecule has 0 N–H and O–H groups in total. The number of nitrogens with zero attached hydrogens (tertiary/aromatic N) is 3. The Balaban J connectivity index is 3.40. The van der Waals surface area contributed by atoms with Gasteiger partial charge in [-0.15, -0.1) is 0 Å². The molecule has 9 heteroatoms. The zero-order chi connectivity index (χ0) is 16.4. The van der Waals surface area contributed by atoms with Gasteiger partial charge in [-0.25, -0.2) is 8.42 Å². The average Bonchev–Trinajstić information content (AvgIpc) is 2.40. The first-order valence-corrected chi connectivity index (χ1v) is 7.74. The van der Waals surface area contributed by atoms with Crippen molar-refractivity contribution in [2.24, 2.45) is 0 Å². The van der Waals surface area contributed by atoms with E-state index in [2.05, 4.69) is 0 Å². The van der Waals surface area contributed by atoms with Gasteiger partial charge in [0, 0.05) is 24.7 Å². The Morgan fingerprint density at radius 2 is 2.10 bits per heavy atom. The molecule has 1 aromatic rings. The number of nitriles is 1. The number of hydrogen-bond donors (Lipinski definition) is 0. The first-order valence-electron chi connectivity index (χ1n) is 5.92. The summed E-state index contributed by atoms with van der Waals surface area (Å²) in [4.78, 5) is 10.0. The minimum atomic E-state index is -3.96. The average molecular weight is 332 g/mol. The summed E-state index contributed by atoms with van der Waals surface area (Å²) < 4.78 is 25.8. The second kappa shape index (κ2) is 6.39. The predicted molar refractivity (Wildman–Crippen MR) is 77.5 cm³/mol. The van der Waals surface area contributed by atoms with E-state index in [1.165, 1.54) is 20.0 Å². The molecular weight excluding hydrogens is 318 g/mol. The molecule has 114 valence electrons. The normalized spacial score (nSPS) is 13.0. The van der Waals surface area contributed by atoms with Crippen molar-refractivity contribution >= 4 is 27.3 Å². The molecule has 0 aliphatic rings. The minimum absolute atomic E-state index is 0.00381. The highest BCUT2D eigenvalue weighted by Gasteiger charge is 2.28. The van der Waals surface area contributed by atoms with Crippen molar-refractivity contribution in [2.75, 3.05) is 7.05 Å². The first kappa shape index (κ1) is 17.4. The molecule has 1 aromatic carbocycles. The van der Waals surface area contributed by atoms with Crippen LogP contribution in [0.2, 0.25) is 5.02 Å². The number of benzene rings is 1. The van der Waals surface area contributed by atoms with Crippen LogP contribution in [0.4, 0.5) is 5.69 Å². The van der Waals surface area contributed by atoms with Crippen LogP contribution in [0, 0.1) is 28.4 Å². The summed E-state index contributed by atoms with van der Waals surface area (Å²) in [6.07, 6.45) is 0.0113. The van der Waals surface area contributed by atoms with Crippen molar-refractivity contribution in [3.05, 3.63) is 32.8 Å². The number of hydrogen-bond acceptors (Lipinski definition) is 5. The first-order chi connectivity index (χ1) is 9.62. The van der Waals surface area contributed by atoms with Crippen molar-refractivity contribution < 1.29 is 13.3 Å². The molecule has 0 bridgehead atoms. The second-order valence-corrected chi connectivity index (χ2v) is 6.94. The van der Waals surface area contributed by atoms with Crippen molar-refractivity contribution in [1.82, 2.24) is 4.31 Å². The van der Waals surface area contributed by atoms with Gasteiger partial charge >= 0.3 is 0 Å². The van der Waals surface area contributed by atoms with Gasteiger partial charge in [0.1, 0.15) is 0 Å². The van der Waals surface area contributed by atoms with Crippen LogP contribution in [0.5, 0.6) is 0 Å². The summed E-state index contributed by atoms with van der Waals surface area (Å²) in [6.45, 7) is 3.02. The Bertz CT molecular complexity index is 712. The van der Waals surface area contributed by atoms with Gasteiger partial charge in [0.2, 0.25) is 10.0 Å². The molecule has 0 saturated carbocycles. The van der Waals surface area contributed by atoms with Crippen molar-refractivity contribution in [1.29, 1.82) is 5.26 Å². The standard InChI is InChI=1S/C12H14ClN3O4S/c1-8(4-5-14)15(3)21(19,20)10-6-11(13)9(2)12(7-10)16(17)18/h6-8H,4H2,1-3H3. The molecule has 0 aliphatic heterocycles. The Morgan fingerprint density at radius 1 is 1.52 bits per heavy atom. The van der Waals surface area contributed by atoms with Crippen LogP contribution < -0.4 is 0 Å². The lowest BCUT2D eigenvalue weighted by Gasteiger charge is -2.22. The van der Waals surface area contributed by atoms with Gasteiger partial charge in [-0.05, 0) is 19.9 Å². The van der Waals surface area contributed by atoms with Crippen LogP contribution in [-0.2, 0) is 10.0 Å². The van der Waals surface area contributed by atoms with Gasteiger partial charge in [0.15, 0.2) is 0 Å². The predicted octanol–water partition coefficient (Wildman–Crippen LogP) is 2.48. The Morgan fingerprint density at radius 3 is 2.57 bits per heavy atom. The van der Waals surface area contributed by atoms with Gasteiger partial charge in [-0.3, -0.25) is 10.1 Å². The maximum atomic E-state index is 12.4. The van der Waals surface area contributed by atoms with Crippen LogP contribution >= 0.6 is 11.6 Å². The molecular formula is C12H14ClN3O4S. The maximum Gasteiger partial charge on any atom is 0.275 e. The lowest BCUT2D eigenvalue weighted by molar-refractivity contribution is -0.385. The highest BCUT2D eigenvalue weighted by Crippen LogP contribution is 2.31. The maximum absolute atomic E-state index is 12.4. The zero-order valence-electron chi connectivity index (χ0n) is 11.7. The Labute approximate surface area is 127 Å². The summed E-state index contributed by atoms with van der Waals surface area (Å²) in [5.41, 5.74) is -0.157. The quantitative estimate of drug-likeness (QED) is 0.608. The Kier molecular flexibility index (Phi) is 5.28. The summed E-state index contributed by atoms with van der Waals surface area (Å²) in [6, 6.07) is 3.48. The number of halogens is 1. The van der Waals surface area contributed by atoms with Gasteiger partial charge < -0.3 is 0 Å². The monoisotopic (exact) mass is 331 g/mol. The molecule has 0 radical (unpaired) electrons. The fraction of sp³-hybridized carbons (Fsp3) is 0.417. The zero-order valence-corrected chi connectivity index (χ0v) is 13.3. The van der Waals surface area contributed by atoms with Crippen LogP contribution in [0.15, 0.2) is 17.0 Å². The summed E-state index contributed by atoms with van der Waals surface area (Å²) in [7, 11) is -2.65. The number of nitro benzene ring substituents is 1. The third-order valence-electron chi connectivity index (χ3n) is 3.17. The number of rotatable bonds is 5. The lowest BCUT2D eigenvalue weighted by atomic mass is 10.2. The van der Waals surface area contributed by atoms with Crippen LogP contribution in [0.25, 0.3) is 0 Å². The third kappa shape index (κ3) is 3.50. The van der Waals surface area contributed by atoms with E-state index < -0.39 is 21.0 Å². The van der Waals surface area contributed by atoms with Gasteiger partial charge in [-0.2, -0.15) is 9.57 Å². The van der Waals surface area contributed by atoms with E-state index in [9.17, 15) is 18.5 Å². The van der Waals surface area contributed by atoms with E-state index in [4.69, 9.17) is 16.9 Å².